The number of rotatable bonds is 4. The van der Waals surface area contributed by atoms with E-state index in [1.165, 1.54) is 0 Å². The average Bonchev–Trinajstić information content (AvgIpc) is 2.43. The van der Waals surface area contributed by atoms with Crippen molar-refractivity contribution in [3.63, 3.8) is 0 Å². The summed E-state index contributed by atoms with van der Waals surface area (Å²) in [6.45, 7) is 3.39. The number of primary amides is 1. The van der Waals surface area contributed by atoms with Crippen LogP contribution in [0.25, 0.3) is 11.1 Å². The van der Waals surface area contributed by atoms with E-state index in [2.05, 4.69) is 0 Å². The first-order valence-corrected chi connectivity index (χ1v) is 6.91. The van der Waals surface area contributed by atoms with Crippen molar-refractivity contribution in [2.45, 2.75) is 25.9 Å². The zero-order valence-corrected chi connectivity index (χ0v) is 12.6. The molecule has 0 aliphatic carbocycles. The Labute approximate surface area is 128 Å². The Bertz CT molecular complexity index is 685. The highest BCUT2D eigenvalue weighted by Gasteiger charge is 2.24. The average molecular weight is 302 g/mol. The van der Waals surface area contributed by atoms with Crippen LogP contribution in [0, 0.1) is 5.82 Å². The largest absolute Gasteiger partial charge is 0.443 e. The summed E-state index contributed by atoms with van der Waals surface area (Å²) in [7, 11) is 0. The summed E-state index contributed by atoms with van der Waals surface area (Å²) in [6.07, 6.45) is -0.599. The topological polar surface area (TPSA) is 78.3 Å². The van der Waals surface area contributed by atoms with Crippen LogP contribution in [0.15, 0.2) is 42.5 Å². The van der Waals surface area contributed by atoms with Gasteiger partial charge in [0.25, 0.3) is 0 Å². The SMILES string of the molecule is CC(C)(Cc1ccc(-c2ccccc2)c(F)c1N)OC(N)=O. The van der Waals surface area contributed by atoms with Crippen LogP contribution in [-0.2, 0) is 11.2 Å². The minimum atomic E-state index is -0.870. The molecule has 0 saturated heterocycles. The van der Waals surface area contributed by atoms with Crippen molar-refractivity contribution >= 4 is 11.8 Å². The molecule has 0 saturated carbocycles. The molecule has 0 aromatic heterocycles. The highest BCUT2D eigenvalue weighted by molar-refractivity contribution is 5.70. The lowest BCUT2D eigenvalue weighted by molar-refractivity contribution is 0.0461. The number of carbonyl (C=O) groups is 1. The third kappa shape index (κ3) is 3.55. The van der Waals surface area contributed by atoms with Gasteiger partial charge >= 0.3 is 6.09 Å². The van der Waals surface area contributed by atoms with E-state index in [4.69, 9.17) is 16.2 Å². The maximum Gasteiger partial charge on any atom is 0.405 e. The van der Waals surface area contributed by atoms with Gasteiger partial charge < -0.3 is 16.2 Å². The summed E-state index contributed by atoms with van der Waals surface area (Å²) in [6, 6.07) is 12.6. The monoisotopic (exact) mass is 302 g/mol. The number of nitrogens with two attached hydrogens (primary N) is 2. The predicted molar refractivity (Wildman–Crippen MR) is 84.7 cm³/mol. The zero-order valence-electron chi connectivity index (χ0n) is 12.6. The van der Waals surface area contributed by atoms with Crippen molar-refractivity contribution in [1.82, 2.24) is 0 Å². The van der Waals surface area contributed by atoms with E-state index >= 15 is 0 Å². The van der Waals surface area contributed by atoms with Crippen LogP contribution in [0.1, 0.15) is 19.4 Å². The van der Waals surface area contributed by atoms with Gasteiger partial charge in [-0.3, -0.25) is 0 Å². The fourth-order valence-electron chi connectivity index (χ4n) is 2.39. The van der Waals surface area contributed by atoms with E-state index in [9.17, 15) is 9.18 Å². The predicted octanol–water partition coefficient (Wildman–Crippen LogP) is 3.49. The number of hydrogen-bond acceptors (Lipinski definition) is 3. The van der Waals surface area contributed by atoms with Crippen LogP contribution in [0.3, 0.4) is 0 Å². The molecular formula is C17H19FN2O2. The van der Waals surface area contributed by atoms with E-state index in [1.807, 2.05) is 30.3 Å². The van der Waals surface area contributed by atoms with Crippen molar-refractivity contribution in [1.29, 1.82) is 0 Å². The van der Waals surface area contributed by atoms with Crippen molar-refractivity contribution in [3.05, 3.63) is 53.8 Å². The van der Waals surface area contributed by atoms with E-state index in [1.54, 1.807) is 26.0 Å². The molecule has 0 spiro atoms. The lowest BCUT2D eigenvalue weighted by Gasteiger charge is -2.25. The van der Waals surface area contributed by atoms with Gasteiger partial charge in [0.15, 0.2) is 5.82 Å². The lowest BCUT2D eigenvalue weighted by atomic mass is 9.94. The summed E-state index contributed by atoms with van der Waals surface area (Å²) >= 11 is 0. The van der Waals surface area contributed by atoms with Crippen molar-refractivity contribution in [2.75, 3.05) is 5.73 Å². The second-order valence-corrected chi connectivity index (χ2v) is 5.72. The zero-order chi connectivity index (χ0) is 16.3. The second kappa shape index (κ2) is 6.05. The molecule has 22 heavy (non-hydrogen) atoms. The van der Waals surface area contributed by atoms with Gasteiger partial charge in [-0.25, -0.2) is 9.18 Å². The van der Waals surface area contributed by atoms with Crippen molar-refractivity contribution in [3.8, 4) is 11.1 Å². The lowest BCUT2D eigenvalue weighted by Crippen LogP contribution is -2.33. The Morgan fingerprint density at radius 2 is 1.82 bits per heavy atom. The molecule has 1 amide bonds. The third-order valence-electron chi connectivity index (χ3n) is 3.35. The van der Waals surface area contributed by atoms with Gasteiger partial charge in [0.05, 0.1) is 5.69 Å². The highest BCUT2D eigenvalue weighted by atomic mass is 19.1. The second-order valence-electron chi connectivity index (χ2n) is 5.72. The van der Waals surface area contributed by atoms with Crippen LogP contribution >= 0.6 is 0 Å². The molecule has 2 aromatic carbocycles. The smallest absolute Gasteiger partial charge is 0.405 e. The molecule has 0 atom stereocenters. The number of hydrogen-bond donors (Lipinski definition) is 2. The van der Waals surface area contributed by atoms with Gasteiger partial charge in [-0.2, -0.15) is 0 Å². The number of benzene rings is 2. The van der Waals surface area contributed by atoms with Gasteiger partial charge in [0, 0.05) is 12.0 Å². The van der Waals surface area contributed by atoms with Gasteiger partial charge in [-0.15, -0.1) is 0 Å². The summed E-state index contributed by atoms with van der Waals surface area (Å²) in [5.74, 6) is -0.474. The summed E-state index contributed by atoms with van der Waals surface area (Å²) in [4.78, 5) is 10.9. The molecule has 0 bridgehead atoms. The number of carbonyl (C=O) groups excluding carboxylic acids is 1. The standard InChI is InChI=1S/C17H19FN2O2/c1-17(2,22-16(20)21)10-12-8-9-13(14(18)15(12)19)11-6-4-3-5-7-11/h3-9H,10,19H2,1-2H3,(H2,20,21). The Morgan fingerprint density at radius 1 is 1.18 bits per heavy atom. The third-order valence-corrected chi connectivity index (χ3v) is 3.35. The van der Waals surface area contributed by atoms with E-state index in [-0.39, 0.29) is 12.1 Å². The molecule has 0 heterocycles. The first-order valence-electron chi connectivity index (χ1n) is 6.91. The Kier molecular flexibility index (Phi) is 4.35. The van der Waals surface area contributed by atoms with E-state index in [0.29, 0.717) is 11.1 Å². The molecule has 2 rings (SSSR count). The molecular weight excluding hydrogens is 283 g/mol. The number of amides is 1. The number of ether oxygens (including phenoxy) is 1. The van der Waals surface area contributed by atoms with Crippen LogP contribution < -0.4 is 11.5 Å². The molecule has 4 nitrogen and oxygen atoms in total. The summed E-state index contributed by atoms with van der Waals surface area (Å²) in [5.41, 5.74) is 11.9. The minimum absolute atomic E-state index is 0.0579. The first-order chi connectivity index (χ1) is 10.3. The molecule has 5 heteroatoms. The quantitative estimate of drug-likeness (QED) is 0.848. The summed E-state index contributed by atoms with van der Waals surface area (Å²) < 4.78 is 19.5. The highest BCUT2D eigenvalue weighted by Crippen LogP contribution is 2.31. The molecule has 2 aromatic rings. The van der Waals surface area contributed by atoms with Gasteiger partial charge in [-0.1, -0.05) is 42.5 Å². The van der Waals surface area contributed by atoms with Crippen LogP contribution in [-0.4, -0.2) is 11.7 Å². The van der Waals surface area contributed by atoms with Gasteiger partial charge in [-0.05, 0) is 25.0 Å². The molecule has 0 unspecified atom stereocenters. The van der Waals surface area contributed by atoms with E-state index in [0.717, 1.165) is 5.56 Å². The van der Waals surface area contributed by atoms with Crippen molar-refractivity contribution in [2.24, 2.45) is 5.73 Å². The fourth-order valence-corrected chi connectivity index (χ4v) is 2.39. The Balaban J connectivity index is 2.33. The normalized spacial score (nSPS) is 11.2. The van der Waals surface area contributed by atoms with Crippen LogP contribution in [0.4, 0.5) is 14.9 Å². The Morgan fingerprint density at radius 3 is 2.41 bits per heavy atom. The minimum Gasteiger partial charge on any atom is -0.443 e. The summed E-state index contributed by atoms with van der Waals surface area (Å²) in [5, 5.41) is 0. The molecule has 0 aliphatic rings. The Hall–Kier alpha value is -2.56. The van der Waals surface area contributed by atoms with E-state index < -0.39 is 17.5 Å². The van der Waals surface area contributed by atoms with Gasteiger partial charge in [0.1, 0.15) is 5.60 Å². The molecule has 0 aliphatic heterocycles. The maximum atomic E-state index is 14.5. The molecule has 4 N–H and O–H groups in total. The number of halogens is 1. The molecule has 116 valence electrons. The number of anilines is 1. The number of nitrogen functional groups attached to an aromatic ring is 1. The molecule has 0 radical (unpaired) electrons. The maximum absolute atomic E-state index is 14.5. The van der Waals surface area contributed by atoms with Crippen LogP contribution in [0.2, 0.25) is 0 Å². The van der Waals surface area contributed by atoms with Gasteiger partial charge in [0.2, 0.25) is 0 Å². The van der Waals surface area contributed by atoms with Crippen molar-refractivity contribution < 1.29 is 13.9 Å². The fraction of sp³-hybridized carbons (Fsp3) is 0.235. The first kappa shape index (κ1) is 15.8. The van der Waals surface area contributed by atoms with Crippen LogP contribution in [0.5, 0.6) is 0 Å². The molecule has 0 fully saturated rings.